The minimum atomic E-state index is 0.760. The molecule has 2 aromatic heterocycles. The van der Waals surface area contributed by atoms with Gasteiger partial charge in [0.15, 0.2) is 0 Å². The van der Waals surface area contributed by atoms with Crippen molar-refractivity contribution in [3.05, 3.63) is 52.8 Å². The van der Waals surface area contributed by atoms with E-state index in [0.717, 1.165) is 46.4 Å². The highest BCUT2D eigenvalue weighted by Gasteiger charge is 2.20. The van der Waals surface area contributed by atoms with Crippen LogP contribution in [0.15, 0.2) is 41.5 Å². The Morgan fingerprint density at radius 3 is 3.00 bits per heavy atom. The molecular weight excluding hydrogens is 330 g/mol. The fourth-order valence-electron chi connectivity index (χ4n) is 2.72. The first-order valence-electron chi connectivity index (χ1n) is 6.75. The molecule has 3 aromatic rings. The Balaban J connectivity index is 1.80. The van der Waals surface area contributed by atoms with E-state index < -0.39 is 0 Å². The Labute approximate surface area is 130 Å². The largest absolute Gasteiger partial charge is 0.350 e. The van der Waals surface area contributed by atoms with Gasteiger partial charge in [-0.25, -0.2) is 19.9 Å². The van der Waals surface area contributed by atoms with Crippen molar-refractivity contribution >= 4 is 32.7 Å². The zero-order valence-electron chi connectivity index (χ0n) is 11.2. The van der Waals surface area contributed by atoms with Crippen LogP contribution in [0.4, 0.5) is 5.82 Å². The van der Waals surface area contributed by atoms with E-state index >= 15 is 0 Å². The molecule has 0 amide bonds. The van der Waals surface area contributed by atoms with Gasteiger partial charge in [-0.05, 0) is 40.0 Å². The summed E-state index contributed by atoms with van der Waals surface area (Å²) < 4.78 is 0.989. The van der Waals surface area contributed by atoms with Crippen LogP contribution in [0, 0.1) is 0 Å². The molecule has 0 spiro atoms. The quantitative estimate of drug-likeness (QED) is 0.681. The van der Waals surface area contributed by atoms with Crippen molar-refractivity contribution in [2.75, 3.05) is 11.4 Å². The van der Waals surface area contributed by atoms with E-state index in [1.54, 1.807) is 12.7 Å². The Hall–Kier alpha value is -2.08. The second-order valence-corrected chi connectivity index (χ2v) is 5.85. The molecule has 5 nitrogen and oxygen atoms in total. The fourth-order valence-corrected chi connectivity index (χ4v) is 3.19. The molecule has 0 aliphatic carbocycles. The topological polar surface area (TPSA) is 54.8 Å². The van der Waals surface area contributed by atoms with Crippen LogP contribution in [0.25, 0.3) is 10.9 Å². The zero-order chi connectivity index (χ0) is 14.2. The van der Waals surface area contributed by atoms with Crippen LogP contribution in [0.1, 0.15) is 11.3 Å². The SMILES string of the molecule is Brc1cccc2c(N3CCc4cncnc4C3)ncnc12. The zero-order valence-corrected chi connectivity index (χ0v) is 12.8. The van der Waals surface area contributed by atoms with Gasteiger partial charge in [0.25, 0.3) is 0 Å². The van der Waals surface area contributed by atoms with Crippen molar-refractivity contribution in [2.45, 2.75) is 13.0 Å². The van der Waals surface area contributed by atoms with Gasteiger partial charge in [0.05, 0.1) is 17.8 Å². The standard InChI is InChI=1S/C15H12BrN5/c16-12-3-1-2-11-14(12)19-9-20-15(11)21-5-4-10-6-17-8-18-13(10)7-21/h1-3,6,8-9H,4-5,7H2. The van der Waals surface area contributed by atoms with Crippen LogP contribution in [-0.2, 0) is 13.0 Å². The van der Waals surface area contributed by atoms with Gasteiger partial charge in [0.2, 0.25) is 0 Å². The third-order valence-electron chi connectivity index (χ3n) is 3.77. The highest BCUT2D eigenvalue weighted by Crippen LogP contribution is 2.30. The highest BCUT2D eigenvalue weighted by atomic mass is 79.9. The Morgan fingerprint density at radius 2 is 2.05 bits per heavy atom. The van der Waals surface area contributed by atoms with Gasteiger partial charge in [0.1, 0.15) is 18.5 Å². The summed E-state index contributed by atoms with van der Waals surface area (Å²) in [6.07, 6.45) is 6.08. The molecule has 1 aliphatic heterocycles. The minimum absolute atomic E-state index is 0.760. The fraction of sp³-hybridized carbons (Fsp3) is 0.200. The molecule has 0 radical (unpaired) electrons. The Bertz CT molecular complexity index is 820. The van der Waals surface area contributed by atoms with Gasteiger partial charge in [-0.15, -0.1) is 0 Å². The van der Waals surface area contributed by atoms with Crippen molar-refractivity contribution in [2.24, 2.45) is 0 Å². The molecule has 1 aliphatic rings. The first-order valence-corrected chi connectivity index (χ1v) is 7.54. The van der Waals surface area contributed by atoms with Crippen LogP contribution in [0.3, 0.4) is 0 Å². The maximum atomic E-state index is 4.50. The molecule has 4 rings (SSSR count). The lowest BCUT2D eigenvalue weighted by Gasteiger charge is -2.29. The summed E-state index contributed by atoms with van der Waals surface area (Å²) in [5.41, 5.74) is 3.25. The van der Waals surface area contributed by atoms with Gasteiger partial charge >= 0.3 is 0 Å². The third kappa shape index (κ3) is 2.15. The molecule has 6 heteroatoms. The lowest BCUT2D eigenvalue weighted by Crippen LogP contribution is -2.32. The molecule has 1 aromatic carbocycles. The summed E-state index contributed by atoms with van der Waals surface area (Å²) in [6, 6.07) is 6.07. The van der Waals surface area contributed by atoms with Crippen molar-refractivity contribution in [1.82, 2.24) is 19.9 Å². The second-order valence-electron chi connectivity index (χ2n) is 5.00. The van der Waals surface area contributed by atoms with Crippen LogP contribution >= 0.6 is 15.9 Å². The summed E-state index contributed by atoms with van der Waals surface area (Å²) >= 11 is 3.55. The number of anilines is 1. The third-order valence-corrected chi connectivity index (χ3v) is 4.41. The molecule has 21 heavy (non-hydrogen) atoms. The molecule has 0 bridgehead atoms. The summed E-state index contributed by atoms with van der Waals surface area (Å²) in [6.45, 7) is 1.68. The molecule has 3 heterocycles. The van der Waals surface area contributed by atoms with Crippen LogP contribution in [0.2, 0.25) is 0 Å². The molecule has 0 unspecified atom stereocenters. The molecule has 0 atom stereocenters. The highest BCUT2D eigenvalue weighted by molar-refractivity contribution is 9.10. The lowest BCUT2D eigenvalue weighted by atomic mass is 10.1. The molecule has 0 saturated heterocycles. The molecule has 0 saturated carbocycles. The predicted molar refractivity (Wildman–Crippen MR) is 84.0 cm³/mol. The predicted octanol–water partition coefficient (Wildman–Crippen LogP) is 2.75. The van der Waals surface area contributed by atoms with E-state index in [4.69, 9.17) is 0 Å². The maximum Gasteiger partial charge on any atom is 0.140 e. The van der Waals surface area contributed by atoms with E-state index in [-0.39, 0.29) is 0 Å². The van der Waals surface area contributed by atoms with E-state index in [2.05, 4.69) is 46.8 Å². The number of rotatable bonds is 1. The molecule has 0 N–H and O–H groups in total. The summed E-state index contributed by atoms with van der Waals surface area (Å²) in [5.74, 6) is 0.963. The monoisotopic (exact) mass is 341 g/mol. The van der Waals surface area contributed by atoms with Gasteiger partial charge in [-0.3, -0.25) is 0 Å². The second kappa shape index (κ2) is 5.04. The minimum Gasteiger partial charge on any atom is -0.350 e. The lowest BCUT2D eigenvalue weighted by molar-refractivity contribution is 0.696. The summed E-state index contributed by atoms with van der Waals surface area (Å²) in [7, 11) is 0. The van der Waals surface area contributed by atoms with Gasteiger partial charge < -0.3 is 4.90 Å². The molecule has 0 fully saturated rings. The molecule has 104 valence electrons. The van der Waals surface area contributed by atoms with Crippen LogP contribution in [0.5, 0.6) is 0 Å². The number of hydrogen-bond acceptors (Lipinski definition) is 5. The smallest absolute Gasteiger partial charge is 0.140 e. The Kier molecular flexibility index (Phi) is 3.03. The van der Waals surface area contributed by atoms with Gasteiger partial charge in [-0.2, -0.15) is 0 Å². The number of aromatic nitrogens is 4. The first kappa shape index (κ1) is 12.6. The van der Waals surface area contributed by atoms with E-state index in [9.17, 15) is 0 Å². The normalized spacial score (nSPS) is 14.2. The molecular formula is C15H12BrN5. The summed E-state index contributed by atoms with van der Waals surface area (Å²) in [5, 5.41) is 1.06. The number of hydrogen-bond donors (Lipinski definition) is 0. The van der Waals surface area contributed by atoms with E-state index in [1.807, 2.05) is 18.3 Å². The number of benzene rings is 1. The van der Waals surface area contributed by atoms with E-state index in [1.165, 1.54) is 5.56 Å². The Morgan fingerprint density at radius 1 is 1.10 bits per heavy atom. The maximum absolute atomic E-state index is 4.50. The summed E-state index contributed by atoms with van der Waals surface area (Å²) in [4.78, 5) is 19.6. The van der Waals surface area contributed by atoms with Crippen molar-refractivity contribution < 1.29 is 0 Å². The van der Waals surface area contributed by atoms with Crippen molar-refractivity contribution in [3.8, 4) is 0 Å². The van der Waals surface area contributed by atoms with Crippen molar-refractivity contribution in [1.29, 1.82) is 0 Å². The van der Waals surface area contributed by atoms with Crippen LogP contribution < -0.4 is 4.90 Å². The number of halogens is 1. The van der Waals surface area contributed by atoms with Gasteiger partial charge in [-0.1, -0.05) is 6.07 Å². The van der Waals surface area contributed by atoms with Crippen molar-refractivity contribution in [3.63, 3.8) is 0 Å². The number of fused-ring (bicyclic) bond motifs is 2. The first-order chi connectivity index (χ1) is 10.3. The number of nitrogens with zero attached hydrogens (tertiary/aromatic N) is 5. The average Bonchev–Trinajstić information content (AvgIpc) is 2.54. The van der Waals surface area contributed by atoms with E-state index in [0.29, 0.717) is 0 Å². The number of para-hydroxylation sites is 1. The average molecular weight is 342 g/mol. The van der Waals surface area contributed by atoms with Crippen LogP contribution in [-0.4, -0.2) is 26.5 Å². The van der Waals surface area contributed by atoms with Gasteiger partial charge in [0, 0.05) is 22.6 Å².